The van der Waals surface area contributed by atoms with Gasteiger partial charge in [0.2, 0.25) is 11.9 Å². The van der Waals surface area contributed by atoms with E-state index in [1.54, 1.807) is 36.4 Å². The Hall–Kier alpha value is -4.46. The average Bonchev–Trinajstić information content (AvgIpc) is 2.80. The van der Waals surface area contributed by atoms with Crippen molar-refractivity contribution in [2.24, 2.45) is 0 Å². The largest absolute Gasteiger partial charge is 0.456 e. The standard InChI is InChI=1S/C24H21N5O3/c1-16-9-5-7-13-19(16)26-24-28-21(27-23(25)29-24)15-31-22(30)18-12-6-8-14-20(18)32-17-10-3-2-4-11-17/h2-14H,15H2,1H3,(H3,25,26,27,28,29). The van der Waals surface area contributed by atoms with Crippen molar-refractivity contribution in [2.75, 3.05) is 11.1 Å². The number of aromatic nitrogens is 3. The molecule has 0 unspecified atom stereocenters. The molecule has 32 heavy (non-hydrogen) atoms. The van der Waals surface area contributed by atoms with E-state index in [1.807, 2.05) is 49.4 Å². The number of carbonyl (C=O) groups excluding carboxylic acids is 1. The summed E-state index contributed by atoms with van der Waals surface area (Å²) in [5.74, 6) is 0.957. The van der Waals surface area contributed by atoms with E-state index < -0.39 is 5.97 Å². The van der Waals surface area contributed by atoms with Crippen LogP contribution in [0.25, 0.3) is 0 Å². The van der Waals surface area contributed by atoms with E-state index in [2.05, 4.69) is 20.3 Å². The summed E-state index contributed by atoms with van der Waals surface area (Å²) in [6, 6.07) is 23.8. The van der Waals surface area contributed by atoms with E-state index in [4.69, 9.17) is 15.2 Å². The van der Waals surface area contributed by atoms with Gasteiger partial charge in [-0.25, -0.2) is 4.79 Å². The summed E-state index contributed by atoms with van der Waals surface area (Å²) in [6.07, 6.45) is 0. The normalized spacial score (nSPS) is 10.4. The highest BCUT2D eigenvalue weighted by Gasteiger charge is 2.16. The molecular weight excluding hydrogens is 406 g/mol. The molecule has 0 amide bonds. The zero-order valence-corrected chi connectivity index (χ0v) is 17.4. The van der Waals surface area contributed by atoms with Crippen molar-refractivity contribution in [1.29, 1.82) is 0 Å². The number of hydrogen-bond acceptors (Lipinski definition) is 8. The molecule has 8 heteroatoms. The van der Waals surface area contributed by atoms with E-state index in [0.29, 0.717) is 11.5 Å². The Morgan fingerprint density at radius 2 is 1.62 bits per heavy atom. The number of hydrogen-bond donors (Lipinski definition) is 2. The monoisotopic (exact) mass is 427 g/mol. The first-order valence-corrected chi connectivity index (χ1v) is 9.90. The van der Waals surface area contributed by atoms with Gasteiger partial charge in [-0.15, -0.1) is 0 Å². The first kappa shape index (κ1) is 20.8. The molecule has 0 fully saturated rings. The highest BCUT2D eigenvalue weighted by atomic mass is 16.5. The fraction of sp³-hybridized carbons (Fsp3) is 0.0833. The Bertz CT molecular complexity index is 1230. The number of nitrogens with zero attached hydrogens (tertiary/aromatic N) is 3. The second-order valence-electron chi connectivity index (χ2n) is 6.86. The number of rotatable bonds is 7. The third kappa shape index (κ3) is 5.17. The number of benzene rings is 3. The maximum absolute atomic E-state index is 12.7. The van der Waals surface area contributed by atoms with E-state index in [1.165, 1.54) is 0 Å². The number of anilines is 3. The fourth-order valence-corrected chi connectivity index (χ4v) is 2.94. The minimum atomic E-state index is -0.566. The summed E-state index contributed by atoms with van der Waals surface area (Å²) in [5.41, 5.74) is 7.97. The molecule has 3 N–H and O–H groups in total. The van der Waals surface area contributed by atoms with Crippen LogP contribution in [-0.4, -0.2) is 20.9 Å². The zero-order chi connectivity index (χ0) is 22.3. The molecule has 0 spiro atoms. The van der Waals surface area contributed by atoms with Crippen LogP contribution in [0.15, 0.2) is 78.9 Å². The summed E-state index contributed by atoms with van der Waals surface area (Å²) in [6.45, 7) is 1.79. The summed E-state index contributed by atoms with van der Waals surface area (Å²) in [4.78, 5) is 25.2. The van der Waals surface area contributed by atoms with E-state index in [9.17, 15) is 4.79 Å². The first-order valence-electron chi connectivity index (χ1n) is 9.90. The maximum atomic E-state index is 12.7. The van der Waals surface area contributed by atoms with Crippen LogP contribution in [0.5, 0.6) is 11.5 Å². The minimum absolute atomic E-state index is 0.0231. The van der Waals surface area contributed by atoms with Gasteiger partial charge >= 0.3 is 5.97 Å². The highest BCUT2D eigenvalue weighted by molar-refractivity contribution is 5.92. The van der Waals surface area contributed by atoms with Crippen molar-refractivity contribution < 1.29 is 14.3 Å². The van der Waals surface area contributed by atoms with Crippen molar-refractivity contribution >= 4 is 23.6 Å². The Balaban J connectivity index is 1.47. The van der Waals surface area contributed by atoms with E-state index >= 15 is 0 Å². The van der Waals surface area contributed by atoms with Crippen LogP contribution in [0.1, 0.15) is 21.7 Å². The van der Waals surface area contributed by atoms with Crippen LogP contribution in [0.3, 0.4) is 0 Å². The van der Waals surface area contributed by atoms with Crippen molar-refractivity contribution in [1.82, 2.24) is 15.0 Å². The van der Waals surface area contributed by atoms with Gasteiger partial charge in [-0.05, 0) is 42.8 Å². The molecule has 1 heterocycles. The lowest BCUT2D eigenvalue weighted by Crippen LogP contribution is -2.12. The third-order valence-corrected chi connectivity index (χ3v) is 4.50. The van der Waals surface area contributed by atoms with Crippen molar-refractivity contribution in [3.05, 3.63) is 95.8 Å². The molecule has 4 rings (SSSR count). The van der Waals surface area contributed by atoms with Crippen LogP contribution in [0, 0.1) is 6.92 Å². The van der Waals surface area contributed by atoms with Crippen molar-refractivity contribution in [3.8, 4) is 11.5 Å². The molecule has 0 saturated heterocycles. The number of nitrogens with one attached hydrogen (secondary N) is 1. The van der Waals surface area contributed by atoms with E-state index in [0.717, 1.165) is 11.3 Å². The Morgan fingerprint density at radius 1 is 0.906 bits per heavy atom. The zero-order valence-electron chi connectivity index (χ0n) is 17.4. The van der Waals surface area contributed by atoms with Crippen LogP contribution in [0.4, 0.5) is 17.6 Å². The summed E-state index contributed by atoms with van der Waals surface area (Å²) in [7, 11) is 0. The summed E-state index contributed by atoms with van der Waals surface area (Å²) >= 11 is 0. The molecule has 0 saturated carbocycles. The predicted octanol–water partition coefficient (Wildman–Crippen LogP) is 4.66. The average molecular weight is 427 g/mol. The minimum Gasteiger partial charge on any atom is -0.456 e. The van der Waals surface area contributed by atoms with Gasteiger partial charge in [0.15, 0.2) is 12.4 Å². The molecule has 4 aromatic rings. The Kier molecular flexibility index (Phi) is 6.22. The fourth-order valence-electron chi connectivity index (χ4n) is 2.94. The SMILES string of the molecule is Cc1ccccc1Nc1nc(N)nc(COC(=O)c2ccccc2Oc2ccccc2)n1. The smallest absolute Gasteiger partial charge is 0.342 e. The predicted molar refractivity (Wildman–Crippen MR) is 121 cm³/mol. The van der Waals surface area contributed by atoms with Crippen molar-refractivity contribution in [2.45, 2.75) is 13.5 Å². The Labute approximate surface area is 185 Å². The number of esters is 1. The summed E-state index contributed by atoms with van der Waals surface area (Å²) in [5, 5.41) is 3.11. The molecule has 0 bridgehead atoms. The lowest BCUT2D eigenvalue weighted by Gasteiger charge is -2.11. The van der Waals surface area contributed by atoms with Gasteiger partial charge in [0.05, 0.1) is 0 Å². The molecule has 0 aliphatic rings. The van der Waals surface area contributed by atoms with Gasteiger partial charge in [0.1, 0.15) is 17.1 Å². The lowest BCUT2D eigenvalue weighted by atomic mass is 10.2. The number of carbonyl (C=O) groups is 1. The number of aryl methyl sites for hydroxylation is 1. The van der Waals surface area contributed by atoms with Gasteiger partial charge in [0.25, 0.3) is 0 Å². The van der Waals surface area contributed by atoms with Crippen LogP contribution >= 0.6 is 0 Å². The van der Waals surface area contributed by atoms with Gasteiger partial charge in [-0.3, -0.25) is 0 Å². The second kappa shape index (κ2) is 9.57. The second-order valence-corrected chi connectivity index (χ2v) is 6.86. The number of nitrogen functional groups attached to an aromatic ring is 1. The van der Waals surface area contributed by atoms with Gasteiger partial charge < -0.3 is 20.5 Å². The molecule has 0 radical (unpaired) electrons. The maximum Gasteiger partial charge on any atom is 0.342 e. The lowest BCUT2D eigenvalue weighted by molar-refractivity contribution is 0.0459. The molecule has 3 aromatic carbocycles. The molecule has 0 aliphatic heterocycles. The molecule has 1 aromatic heterocycles. The van der Waals surface area contributed by atoms with Crippen LogP contribution in [0.2, 0.25) is 0 Å². The topological polar surface area (TPSA) is 112 Å². The third-order valence-electron chi connectivity index (χ3n) is 4.50. The van der Waals surface area contributed by atoms with Gasteiger partial charge in [-0.2, -0.15) is 15.0 Å². The molecule has 8 nitrogen and oxygen atoms in total. The van der Waals surface area contributed by atoms with Gasteiger partial charge in [0, 0.05) is 5.69 Å². The summed E-state index contributed by atoms with van der Waals surface area (Å²) < 4.78 is 11.2. The number of ether oxygens (including phenoxy) is 2. The molecule has 0 atom stereocenters. The molecule has 0 aliphatic carbocycles. The van der Waals surface area contributed by atoms with Crippen molar-refractivity contribution in [3.63, 3.8) is 0 Å². The van der Waals surface area contributed by atoms with Crippen LogP contribution < -0.4 is 15.8 Å². The first-order chi connectivity index (χ1) is 15.6. The highest BCUT2D eigenvalue weighted by Crippen LogP contribution is 2.26. The Morgan fingerprint density at radius 3 is 2.44 bits per heavy atom. The van der Waals surface area contributed by atoms with Crippen LogP contribution in [-0.2, 0) is 11.3 Å². The molecular formula is C24H21N5O3. The molecule has 160 valence electrons. The number of para-hydroxylation sites is 3. The van der Waals surface area contributed by atoms with Gasteiger partial charge in [-0.1, -0.05) is 48.5 Å². The number of nitrogens with two attached hydrogens (primary N) is 1. The quantitative estimate of drug-likeness (QED) is 0.410. The van der Waals surface area contributed by atoms with E-state index in [-0.39, 0.29) is 29.9 Å².